The van der Waals surface area contributed by atoms with Gasteiger partial charge in [-0.2, -0.15) is 0 Å². The van der Waals surface area contributed by atoms with Crippen LogP contribution < -0.4 is 4.74 Å². The monoisotopic (exact) mass is 323 g/mol. The van der Waals surface area contributed by atoms with Crippen molar-refractivity contribution in [3.05, 3.63) is 60.0 Å². The number of benzene rings is 1. The van der Waals surface area contributed by atoms with Crippen LogP contribution in [0, 0.1) is 0 Å². The van der Waals surface area contributed by atoms with Crippen LogP contribution in [0.4, 0.5) is 0 Å². The minimum Gasteiger partial charge on any atom is -0.497 e. The van der Waals surface area contributed by atoms with Crippen molar-refractivity contribution in [3.8, 4) is 5.75 Å². The fraction of sp³-hybridized carbons (Fsp3) is 0.263. The topological polar surface area (TPSA) is 47.4 Å². The summed E-state index contributed by atoms with van der Waals surface area (Å²) < 4.78 is 7.03. The van der Waals surface area contributed by atoms with Crippen molar-refractivity contribution in [2.24, 2.45) is 0 Å². The molecule has 0 spiro atoms. The van der Waals surface area contributed by atoms with Gasteiger partial charge in [-0.15, -0.1) is 0 Å². The Bertz CT molecular complexity index is 854. The number of hydrogen-bond acceptors (Lipinski definition) is 4. The Kier molecular flexibility index (Phi) is 4.62. The standard InChI is InChI=1S/C19H21N3O2/c1-21(2)11-8-15-13-22(19(23)14-6-9-20-10-7-14)18-12-16(24-3)4-5-17(15)18/h4-7,9-10,12-13H,8,11H2,1-3H3. The molecular weight excluding hydrogens is 302 g/mol. The van der Waals surface area contributed by atoms with E-state index in [2.05, 4.69) is 9.88 Å². The quantitative estimate of drug-likeness (QED) is 0.724. The summed E-state index contributed by atoms with van der Waals surface area (Å²) in [4.78, 5) is 19.0. The van der Waals surface area contributed by atoms with Gasteiger partial charge in [0.2, 0.25) is 0 Å². The first kappa shape index (κ1) is 16.2. The van der Waals surface area contributed by atoms with Crippen molar-refractivity contribution in [1.29, 1.82) is 0 Å². The highest BCUT2D eigenvalue weighted by atomic mass is 16.5. The zero-order valence-corrected chi connectivity index (χ0v) is 14.2. The number of carbonyl (C=O) groups is 1. The van der Waals surface area contributed by atoms with Crippen LogP contribution in [0.15, 0.2) is 48.9 Å². The summed E-state index contributed by atoms with van der Waals surface area (Å²) in [6.45, 7) is 0.925. The lowest BCUT2D eigenvalue weighted by molar-refractivity contribution is 0.0964. The van der Waals surface area contributed by atoms with E-state index in [0.29, 0.717) is 5.56 Å². The molecule has 3 rings (SSSR count). The summed E-state index contributed by atoms with van der Waals surface area (Å²) in [6, 6.07) is 9.33. The molecule has 0 fully saturated rings. The summed E-state index contributed by atoms with van der Waals surface area (Å²) in [6.07, 6.45) is 6.09. The summed E-state index contributed by atoms with van der Waals surface area (Å²) in [5, 5.41) is 1.08. The van der Waals surface area contributed by atoms with Gasteiger partial charge in [0.05, 0.1) is 12.6 Å². The van der Waals surface area contributed by atoms with E-state index in [9.17, 15) is 4.79 Å². The molecule has 0 unspecified atom stereocenters. The van der Waals surface area contributed by atoms with E-state index in [4.69, 9.17) is 4.74 Å². The summed E-state index contributed by atoms with van der Waals surface area (Å²) in [5.41, 5.74) is 2.64. The maximum absolute atomic E-state index is 12.9. The molecule has 0 aliphatic heterocycles. The van der Waals surface area contributed by atoms with Gasteiger partial charge in [-0.3, -0.25) is 14.3 Å². The van der Waals surface area contributed by atoms with Crippen molar-refractivity contribution < 1.29 is 9.53 Å². The van der Waals surface area contributed by atoms with Crippen molar-refractivity contribution >= 4 is 16.8 Å². The molecule has 0 amide bonds. The van der Waals surface area contributed by atoms with Gasteiger partial charge in [0, 0.05) is 42.2 Å². The average Bonchev–Trinajstić information content (AvgIpc) is 2.97. The Hall–Kier alpha value is -2.66. The van der Waals surface area contributed by atoms with E-state index in [0.717, 1.165) is 35.2 Å². The molecule has 5 nitrogen and oxygen atoms in total. The second-order valence-electron chi connectivity index (χ2n) is 6.00. The number of fused-ring (bicyclic) bond motifs is 1. The van der Waals surface area contributed by atoms with Crippen molar-refractivity contribution in [2.75, 3.05) is 27.7 Å². The van der Waals surface area contributed by atoms with E-state index in [1.807, 2.05) is 38.5 Å². The van der Waals surface area contributed by atoms with Crippen LogP contribution in [-0.4, -0.2) is 48.1 Å². The third-order valence-electron chi connectivity index (χ3n) is 4.07. The van der Waals surface area contributed by atoms with E-state index in [-0.39, 0.29) is 5.91 Å². The van der Waals surface area contributed by atoms with Gasteiger partial charge >= 0.3 is 0 Å². The zero-order valence-electron chi connectivity index (χ0n) is 14.2. The molecular formula is C19H21N3O2. The van der Waals surface area contributed by atoms with Crippen LogP contribution in [0.5, 0.6) is 5.75 Å². The Labute approximate surface area is 141 Å². The van der Waals surface area contributed by atoms with Gasteiger partial charge in [0.1, 0.15) is 5.75 Å². The second-order valence-corrected chi connectivity index (χ2v) is 6.00. The highest BCUT2D eigenvalue weighted by molar-refractivity contribution is 6.03. The molecule has 2 aromatic heterocycles. The molecule has 0 radical (unpaired) electrons. The second kappa shape index (κ2) is 6.84. The normalized spacial score (nSPS) is 11.2. The molecule has 0 N–H and O–H groups in total. The first-order valence-electron chi connectivity index (χ1n) is 7.87. The number of nitrogens with zero attached hydrogens (tertiary/aromatic N) is 3. The SMILES string of the molecule is COc1ccc2c(CCN(C)C)cn(C(=O)c3ccncc3)c2c1. The molecule has 0 saturated heterocycles. The molecule has 124 valence electrons. The minimum atomic E-state index is -0.0632. The van der Waals surface area contributed by atoms with Crippen molar-refractivity contribution in [3.63, 3.8) is 0 Å². The lowest BCUT2D eigenvalue weighted by Gasteiger charge is -2.08. The molecule has 0 aliphatic carbocycles. The molecule has 0 saturated carbocycles. The van der Waals surface area contributed by atoms with Crippen LogP contribution in [0.2, 0.25) is 0 Å². The van der Waals surface area contributed by atoms with E-state index in [1.54, 1.807) is 36.2 Å². The molecule has 0 aliphatic rings. The summed E-state index contributed by atoms with van der Waals surface area (Å²) >= 11 is 0. The number of hydrogen-bond donors (Lipinski definition) is 0. The number of likely N-dealkylation sites (N-methyl/N-ethyl adjacent to an activating group) is 1. The van der Waals surface area contributed by atoms with Crippen LogP contribution in [0.25, 0.3) is 10.9 Å². The van der Waals surface area contributed by atoms with Gasteiger partial charge in [-0.05, 0) is 50.3 Å². The van der Waals surface area contributed by atoms with E-state index < -0.39 is 0 Å². The van der Waals surface area contributed by atoms with Crippen LogP contribution >= 0.6 is 0 Å². The first-order chi connectivity index (χ1) is 11.6. The number of aromatic nitrogens is 2. The number of carbonyl (C=O) groups excluding carboxylic acids is 1. The van der Waals surface area contributed by atoms with Crippen LogP contribution in [0.3, 0.4) is 0 Å². The predicted molar refractivity (Wildman–Crippen MR) is 94.7 cm³/mol. The Morgan fingerprint density at radius 2 is 1.96 bits per heavy atom. The van der Waals surface area contributed by atoms with Gasteiger partial charge < -0.3 is 9.64 Å². The number of rotatable bonds is 5. The maximum Gasteiger partial charge on any atom is 0.262 e. The van der Waals surface area contributed by atoms with Crippen LogP contribution in [0.1, 0.15) is 15.9 Å². The zero-order chi connectivity index (χ0) is 17.1. The van der Waals surface area contributed by atoms with Gasteiger partial charge in [0.25, 0.3) is 5.91 Å². The molecule has 0 atom stereocenters. The molecule has 5 heteroatoms. The molecule has 3 aromatic rings. The lowest BCUT2D eigenvalue weighted by Crippen LogP contribution is -2.15. The predicted octanol–water partition coefficient (Wildman–Crippen LogP) is 2.84. The maximum atomic E-state index is 12.9. The van der Waals surface area contributed by atoms with Gasteiger partial charge in [-0.1, -0.05) is 0 Å². The average molecular weight is 323 g/mol. The van der Waals surface area contributed by atoms with Gasteiger partial charge in [0.15, 0.2) is 0 Å². The first-order valence-corrected chi connectivity index (χ1v) is 7.87. The highest BCUT2D eigenvalue weighted by Gasteiger charge is 2.16. The minimum absolute atomic E-state index is 0.0632. The highest BCUT2D eigenvalue weighted by Crippen LogP contribution is 2.27. The largest absolute Gasteiger partial charge is 0.497 e. The van der Waals surface area contributed by atoms with Crippen LogP contribution in [-0.2, 0) is 6.42 Å². The molecule has 24 heavy (non-hydrogen) atoms. The third kappa shape index (κ3) is 3.16. The smallest absolute Gasteiger partial charge is 0.262 e. The summed E-state index contributed by atoms with van der Waals surface area (Å²) in [7, 11) is 5.72. The number of methoxy groups -OCH3 is 1. The van der Waals surface area contributed by atoms with Crippen molar-refractivity contribution in [1.82, 2.24) is 14.5 Å². The van der Waals surface area contributed by atoms with Crippen molar-refractivity contribution in [2.45, 2.75) is 6.42 Å². The molecule has 0 bridgehead atoms. The Morgan fingerprint density at radius 3 is 2.62 bits per heavy atom. The molecule has 2 heterocycles. The number of ether oxygens (including phenoxy) is 1. The van der Waals surface area contributed by atoms with E-state index in [1.165, 1.54) is 0 Å². The van der Waals surface area contributed by atoms with E-state index >= 15 is 0 Å². The summed E-state index contributed by atoms with van der Waals surface area (Å²) in [5.74, 6) is 0.676. The Morgan fingerprint density at radius 1 is 1.21 bits per heavy atom. The fourth-order valence-corrected chi connectivity index (χ4v) is 2.75. The molecule has 1 aromatic carbocycles. The Balaban J connectivity index is 2.10. The third-order valence-corrected chi connectivity index (χ3v) is 4.07. The lowest BCUT2D eigenvalue weighted by atomic mass is 10.1. The fourth-order valence-electron chi connectivity index (χ4n) is 2.75. The number of pyridine rings is 1. The van der Waals surface area contributed by atoms with Gasteiger partial charge in [-0.25, -0.2) is 0 Å².